The minimum absolute atomic E-state index is 0.114. The summed E-state index contributed by atoms with van der Waals surface area (Å²) in [5.74, 6) is 0.751. The van der Waals surface area contributed by atoms with E-state index in [1.165, 1.54) is 13.3 Å². The van der Waals surface area contributed by atoms with Crippen LogP contribution in [0.3, 0.4) is 0 Å². The van der Waals surface area contributed by atoms with Gasteiger partial charge < -0.3 is 9.57 Å². The molecule has 0 aliphatic rings. The third-order valence-corrected chi connectivity index (χ3v) is 1.79. The first-order chi connectivity index (χ1) is 8.30. The fourth-order valence-electron chi connectivity index (χ4n) is 0.976. The Morgan fingerprint density at radius 1 is 1.35 bits per heavy atom. The third-order valence-electron chi connectivity index (χ3n) is 1.79. The predicted octanol–water partition coefficient (Wildman–Crippen LogP) is 1.62. The Morgan fingerprint density at radius 3 is 2.59 bits per heavy atom. The van der Waals surface area contributed by atoms with Crippen LogP contribution in [-0.2, 0) is 4.84 Å². The molecule has 0 unspecified atom stereocenters. The number of anilines is 1. The molecule has 0 aliphatic heterocycles. The highest BCUT2D eigenvalue weighted by molar-refractivity contribution is 6.37. The van der Waals surface area contributed by atoms with Gasteiger partial charge in [-0.2, -0.15) is 10.4 Å². The fourth-order valence-corrected chi connectivity index (χ4v) is 0.976. The molecule has 1 aromatic carbocycles. The maximum atomic E-state index is 8.73. The summed E-state index contributed by atoms with van der Waals surface area (Å²) in [4.78, 5) is 4.45. The van der Waals surface area contributed by atoms with Gasteiger partial charge >= 0.3 is 0 Å². The first-order valence-electron chi connectivity index (χ1n) is 4.74. The van der Waals surface area contributed by atoms with E-state index in [2.05, 4.69) is 20.5 Å². The molecule has 1 rings (SSSR count). The van der Waals surface area contributed by atoms with Crippen molar-refractivity contribution in [2.24, 2.45) is 10.3 Å². The summed E-state index contributed by atoms with van der Waals surface area (Å²) in [6, 6.07) is 9.00. The van der Waals surface area contributed by atoms with E-state index in [4.69, 9.17) is 10.00 Å². The van der Waals surface area contributed by atoms with E-state index in [0.29, 0.717) is 0 Å². The number of nitriles is 1. The molecule has 0 radical (unpaired) electrons. The lowest BCUT2D eigenvalue weighted by Gasteiger charge is -2.02. The Balaban J connectivity index is 2.67. The van der Waals surface area contributed by atoms with E-state index in [1.54, 1.807) is 31.4 Å². The maximum absolute atomic E-state index is 8.73. The molecule has 0 atom stereocenters. The Hall–Kier alpha value is -2.55. The number of hydrogen-bond acceptors (Lipinski definition) is 6. The molecule has 0 heterocycles. The van der Waals surface area contributed by atoms with Gasteiger partial charge in [-0.1, -0.05) is 5.16 Å². The molecule has 17 heavy (non-hydrogen) atoms. The van der Waals surface area contributed by atoms with Gasteiger partial charge in [0.15, 0.2) is 5.71 Å². The standard InChI is InChI=1S/C11H12N4O2/c1-16-11-5-3-9(4-6-11)14-15-10(7-12)8-13-17-2/h3-6,8,14H,1-2H3/b13-8+,15-10+. The molecular formula is C11H12N4O2. The van der Waals surface area contributed by atoms with Crippen LogP contribution in [0.1, 0.15) is 0 Å². The summed E-state index contributed by atoms with van der Waals surface area (Å²) in [6.07, 6.45) is 1.22. The molecule has 6 heteroatoms. The van der Waals surface area contributed by atoms with Crippen molar-refractivity contribution in [3.63, 3.8) is 0 Å². The minimum Gasteiger partial charge on any atom is -0.497 e. The highest BCUT2D eigenvalue weighted by Gasteiger charge is 1.94. The van der Waals surface area contributed by atoms with Gasteiger partial charge in [-0.05, 0) is 24.3 Å². The lowest BCUT2D eigenvalue weighted by Crippen LogP contribution is -2.01. The van der Waals surface area contributed by atoms with Crippen molar-refractivity contribution in [2.45, 2.75) is 0 Å². The van der Waals surface area contributed by atoms with E-state index in [-0.39, 0.29) is 5.71 Å². The van der Waals surface area contributed by atoms with Gasteiger partial charge in [-0.15, -0.1) is 0 Å². The second-order valence-corrected chi connectivity index (χ2v) is 2.87. The Bertz CT molecular complexity index is 446. The van der Waals surface area contributed by atoms with Crippen molar-refractivity contribution < 1.29 is 9.57 Å². The summed E-state index contributed by atoms with van der Waals surface area (Å²) in [7, 11) is 2.98. The number of methoxy groups -OCH3 is 1. The molecule has 0 bridgehead atoms. The van der Waals surface area contributed by atoms with Crippen LogP contribution in [-0.4, -0.2) is 26.1 Å². The predicted molar refractivity (Wildman–Crippen MR) is 65.2 cm³/mol. The van der Waals surface area contributed by atoms with Crippen LogP contribution in [0.15, 0.2) is 34.5 Å². The second-order valence-electron chi connectivity index (χ2n) is 2.87. The van der Waals surface area contributed by atoms with Crippen LogP contribution in [0.4, 0.5) is 5.69 Å². The lowest BCUT2D eigenvalue weighted by molar-refractivity contribution is 0.216. The average Bonchev–Trinajstić information content (AvgIpc) is 2.39. The van der Waals surface area contributed by atoms with Crippen LogP contribution in [0.5, 0.6) is 5.75 Å². The van der Waals surface area contributed by atoms with Crippen LogP contribution in [0.2, 0.25) is 0 Å². The van der Waals surface area contributed by atoms with Gasteiger partial charge in [0.2, 0.25) is 0 Å². The summed E-state index contributed by atoms with van der Waals surface area (Å²) in [6.45, 7) is 0. The van der Waals surface area contributed by atoms with Crippen LogP contribution in [0.25, 0.3) is 0 Å². The number of hydrogen-bond donors (Lipinski definition) is 1. The molecular weight excluding hydrogens is 220 g/mol. The van der Waals surface area contributed by atoms with E-state index in [0.717, 1.165) is 11.4 Å². The molecule has 1 N–H and O–H groups in total. The SMILES string of the molecule is CO/N=C/C(C#N)=N/Nc1ccc(OC)cc1. The Morgan fingerprint density at radius 2 is 2.06 bits per heavy atom. The van der Waals surface area contributed by atoms with Crippen molar-refractivity contribution in [3.8, 4) is 11.8 Å². The summed E-state index contributed by atoms with van der Waals surface area (Å²) in [5, 5.41) is 16.0. The van der Waals surface area contributed by atoms with Crippen molar-refractivity contribution in [3.05, 3.63) is 24.3 Å². The highest BCUT2D eigenvalue weighted by atomic mass is 16.6. The molecule has 0 aromatic heterocycles. The van der Waals surface area contributed by atoms with Crippen LogP contribution in [0, 0.1) is 11.3 Å². The zero-order valence-electron chi connectivity index (χ0n) is 9.54. The average molecular weight is 232 g/mol. The van der Waals surface area contributed by atoms with Gasteiger partial charge in [0, 0.05) is 0 Å². The second kappa shape index (κ2) is 6.85. The van der Waals surface area contributed by atoms with Crippen LogP contribution >= 0.6 is 0 Å². The normalized spacial score (nSPS) is 11.0. The monoisotopic (exact) mass is 232 g/mol. The molecule has 88 valence electrons. The van der Waals surface area contributed by atoms with Gasteiger partial charge in [0.05, 0.1) is 12.8 Å². The number of hydrazone groups is 1. The molecule has 0 fully saturated rings. The number of nitrogens with zero attached hydrogens (tertiary/aromatic N) is 3. The fraction of sp³-hybridized carbons (Fsp3) is 0.182. The quantitative estimate of drug-likeness (QED) is 0.618. The molecule has 6 nitrogen and oxygen atoms in total. The van der Waals surface area contributed by atoms with Crippen LogP contribution < -0.4 is 10.2 Å². The first-order valence-corrected chi connectivity index (χ1v) is 4.74. The molecule has 0 amide bonds. The maximum Gasteiger partial charge on any atom is 0.182 e. The molecule has 0 saturated heterocycles. The lowest BCUT2D eigenvalue weighted by atomic mass is 10.3. The first kappa shape index (κ1) is 12.5. The van der Waals surface area contributed by atoms with Gasteiger partial charge in [0.25, 0.3) is 0 Å². The Labute approximate surface area is 99.1 Å². The number of benzene rings is 1. The number of ether oxygens (including phenoxy) is 1. The number of oxime groups is 1. The summed E-state index contributed by atoms with van der Waals surface area (Å²) in [5.41, 5.74) is 3.57. The van der Waals surface area contributed by atoms with Crippen molar-refractivity contribution >= 4 is 17.6 Å². The Kier molecular flexibility index (Phi) is 5.04. The third kappa shape index (κ3) is 4.22. The van der Waals surface area contributed by atoms with Crippen molar-refractivity contribution in [2.75, 3.05) is 19.6 Å². The summed E-state index contributed by atoms with van der Waals surface area (Å²) >= 11 is 0. The van der Waals surface area contributed by atoms with E-state index in [9.17, 15) is 0 Å². The topological polar surface area (TPSA) is 79.0 Å². The van der Waals surface area contributed by atoms with Gasteiger partial charge in [-0.3, -0.25) is 5.43 Å². The smallest absolute Gasteiger partial charge is 0.182 e. The van der Waals surface area contributed by atoms with E-state index < -0.39 is 0 Å². The largest absolute Gasteiger partial charge is 0.497 e. The minimum atomic E-state index is 0.114. The molecule has 0 spiro atoms. The molecule has 0 saturated carbocycles. The number of nitrogens with one attached hydrogen (secondary N) is 1. The van der Waals surface area contributed by atoms with Gasteiger partial charge in [0.1, 0.15) is 25.1 Å². The highest BCUT2D eigenvalue weighted by Crippen LogP contribution is 2.14. The summed E-state index contributed by atoms with van der Waals surface area (Å²) < 4.78 is 5.02. The van der Waals surface area contributed by atoms with Gasteiger partial charge in [-0.25, -0.2) is 0 Å². The molecule has 0 aliphatic carbocycles. The van der Waals surface area contributed by atoms with E-state index >= 15 is 0 Å². The van der Waals surface area contributed by atoms with Crippen molar-refractivity contribution in [1.29, 1.82) is 5.26 Å². The molecule has 1 aromatic rings. The zero-order valence-corrected chi connectivity index (χ0v) is 9.54. The van der Waals surface area contributed by atoms with Crippen molar-refractivity contribution in [1.82, 2.24) is 0 Å². The zero-order chi connectivity index (χ0) is 12.5. The van der Waals surface area contributed by atoms with E-state index in [1.807, 2.05) is 6.07 Å². The number of rotatable bonds is 5.